The smallest absolute Gasteiger partial charge is 0.251 e. The number of amides is 1. The van der Waals surface area contributed by atoms with Gasteiger partial charge in [0.1, 0.15) is 0 Å². The summed E-state index contributed by atoms with van der Waals surface area (Å²) in [5.41, 5.74) is 6.41. The number of hydrogen-bond acceptors (Lipinski definition) is 5. The molecule has 186 valence electrons. The Balaban J connectivity index is 1.25. The van der Waals surface area contributed by atoms with Crippen LogP contribution in [-0.4, -0.2) is 51.0 Å². The SMILES string of the molecule is CCN1CCCC1CNC(=O)c1ccc(CSc2nc3ccncc3n2Cc2ccccc2C)cc1. The zero-order valence-electron chi connectivity index (χ0n) is 21.0. The summed E-state index contributed by atoms with van der Waals surface area (Å²) in [4.78, 5) is 24.4. The van der Waals surface area contributed by atoms with E-state index < -0.39 is 0 Å². The van der Waals surface area contributed by atoms with E-state index in [0.29, 0.717) is 11.6 Å². The van der Waals surface area contributed by atoms with Crippen LogP contribution in [0.3, 0.4) is 0 Å². The molecule has 36 heavy (non-hydrogen) atoms. The molecule has 2 aromatic carbocycles. The van der Waals surface area contributed by atoms with Crippen molar-refractivity contribution in [1.29, 1.82) is 0 Å². The normalized spacial score (nSPS) is 16.0. The van der Waals surface area contributed by atoms with Crippen molar-refractivity contribution in [3.05, 3.63) is 89.2 Å². The van der Waals surface area contributed by atoms with E-state index in [1.54, 1.807) is 18.0 Å². The minimum Gasteiger partial charge on any atom is -0.350 e. The number of aromatic nitrogens is 3. The molecular formula is C29H33N5OS. The maximum absolute atomic E-state index is 12.7. The Hall–Kier alpha value is -3.16. The molecule has 1 saturated heterocycles. The predicted octanol–water partition coefficient (Wildman–Crippen LogP) is 5.29. The molecule has 6 nitrogen and oxygen atoms in total. The highest BCUT2D eigenvalue weighted by Gasteiger charge is 2.23. The highest BCUT2D eigenvalue weighted by molar-refractivity contribution is 7.98. The first-order valence-corrected chi connectivity index (χ1v) is 13.7. The molecule has 4 aromatic rings. The van der Waals surface area contributed by atoms with E-state index in [1.165, 1.54) is 17.5 Å². The third-order valence-electron chi connectivity index (χ3n) is 7.09. The molecule has 1 amide bonds. The number of carbonyl (C=O) groups excluding carboxylic acids is 1. The number of nitrogens with one attached hydrogen (secondary N) is 1. The van der Waals surface area contributed by atoms with E-state index in [4.69, 9.17) is 4.98 Å². The van der Waals surface area contributed by atoms with Crippen molar-refractivity contribution in [2.45, 2.75) is 50.2 Å². The molecule has 7 heteroatoms. The summed E-state index contributed by atoms with van der Waals surface area (Å²) in [5, 5.41) is 4.10. The molecule has 1 fully saturated rings. The minimum atomic E-state index is 0.00433. The quantitative estimate of drug-likeness (QED) is 0.317. The van der Waals surface area contributed by atoms with Crippen molar-refractivity contribution in [2.75, 3.05) is 19.6 Å². The Bertz CT molecular complexity index is 1330. The Kier molecular flexibility index (Phi) is 7.68. The van der Waals surface area contributed by atoms with Gasteiger partial charge in [-0.3, -0.25) is 14.7 Å². The minimum absolute atomic E-state index is 0.00433. The van der Waals surface area contributed by atoms with E-state index in [-0.39, 0.29) is 5.91 Å². The van der Waals surface area contributed by atoms with E-state index in [1.807, 2.05) is 36.5 Å². The van der Waals surface area contributed by atoms with Gasteiger partial charge < -0.3 is 9.88 Å². The number of pyridine rings is 1. The number of aryl methyl sites for hydroxylation is 1. The molecule has 0 bridgehead atoms. The number of likely N-dealkylation sites (N-methyl/N-ethyl adjacent to an activating group) is 1. The topological polar surface area (TPSA) is 63.1 Å². The van der Waals surface area contributed by atoms with Gasteiger partial charge >= 0.3 is 0 Å². The standard InChI is InChI=1S/C29H33N5OS/c1-3-33-16-6-9-25(33)17-31-28(35)23-12-10-22(11-13-23)20-36-29-32-26-14-15-30-18-27(26)34(29)19-24-8-5-4-7-21(24)2/h4-5,7-8,10-15,18,25H,3,6,9,16-17,19-20H2,1-2H3,(H,31,35). The van der Waals surface area contributed by atoms with Gasteiger partial charge in [0.25, 0.3) is 5.91 Å². The molecule has 0 spiro atoms. The fraction of sp³-hybridized carbons (Fsp3) is 0.345. The molecule has 2 aromatic heterocycles. The molecule has 1 unspecified atom stereocenters. The molecule has 0 radical (unpaired) electrons. The third-order valence-corrected chi connectivity index (χ3v) is 8.14. The van der Waals surface area contributed by atoms with Crippen LogP contribution in [0.4, 0.5) is 0 Å². The first-order valence-electron chi connectivity index (χ1n) is 12.7. The molecule has 5 rings (SSSR count). The Morgan fingerprint density at radius 2 is 1.97 bits per heavy atom. The van der Waals surface area contributed by atoms with Crippen molar-refractivity contribution >= 4 is 28.7 Å². The van der Waals surface area contributed by atoms with E-state index in [9.17, 15) is 4.79 Å². The van der Waals surface area contributed by atoms with Gasteiger partial charge in [0, 0.05) is 30.1 Å². The maximum atomic E-state index is 12.7. The fourth-order valence-electron chi connectivity index (χ4n) is 4.92. The fourth-order valence-corrected chi connectivity index (χ4v) is 5.89. The summed E-state index contributed by atoms with van der Waals surface area (Å²) in [6.07, 6.45) is 6.06. The number of hydrogen-bond donors (Lipinski definition) is 1. The van der Waals surface area contributed by atoms with Gasteiger partial charge in [-0.15, -0.1) is 0 Å². The number of fused-ring (bicyclic) bond motifs is 1. The van der Waals surface area contributed by atoms with Crippen LogP contribution in [0.25, 0.3) is 11.0 Å². The van der Waals surface area contributed by atoms with Gasteiger partial charge in [0.05, 0.1) is 23.8 Å². The molecule has 0 saturated carbocycles. The molecule has 1 N–H and O–H groups in total. The second kappa shape index (κ2) is 11.3. The van der Waals surface area contributed by atoms with Crippen LogP contribution < -0.4 is 5.32 Å². The highest BCUT2D eigenvalue weighted by Crippen LogP contribution is 2.28. The highest BCUT2D eigenvalue weighted by atomic mass is 32.2. The van der Waals surface area contributed by atoms with Crippen molar-refractivity contribution < 1.29 is 4.79 Å². The zero-order valence-corrected chi connectivity index (χ0v) is 21.8. The van der Waals surface area contributed by atoms with Crippen LogP contribution in [0.15, 0.2) is 72.1 Å². The number of thioether (sulfide) groups is 1. The Morgan fingerprint density at radius 3 is 2.78 bits per heavy atom. The summed E-state index contributed by atoms with van der Waals surface area (Å²) >= 11 is 1.71. The summed E-state index contributed by atoms with van der Waals surface area (Å²) < 4.78 is 2.25. The van der Waals surface area contributed by atoms with Crippen LogP contribution in [0.5, 0.6) is 0 Å². The molecule has 1 aliphatic heterocycles. The van der Waals surface area contributed by atoms with E-state index >= 15 is 0 Å². The molecule has 0 aliphatic carbocycles. The maximum Gasteiger partial charge on any atom is 0.251 e. The van der Waals surface area contributed by atoms with Gasteiger partial charge in [0.2, 0.25) is 0 Å². The van der Waals surface area contributed by atoms with Gasteiger partial charge in [-0.25, -0.2) is 4.98 Å². The number of carbonyl (C=O) groups is 1. The first kappa shape index (κ1) is 24.5. The van der Waals surface area contributed by atoms with E-state index in [0.717, 1.165) is 60.1 Å². The summed E-state index contributed by atoms with van der Waals surface area (Å²) in [5.74, 6) is 0.782. The second-order valence-corrected chi connectivity index (χ2v) is 10.3. The molecule has 3 heterocycles. The number of rotatable bonds is 9. The summed E-state index contributed by atoms with van der Waals surface area (Å²) in [6, 6.07) is 18.8. The largest absolute Gasteiger partial charge is 0.350 e. The van der Waals surface area contributed by atoms with Crippen LogP contribution in [0.1, 0.15) is 46.8 Å². The average molecular weight is 500 g/mol. The predicted molar refractivity (Wildman–Crippen MR) is 146 cm³/mol. The summed E-state index contributed by atoms with van der Waals surface area (Å²) in [7, 11) is 0. The molecule has 1 atom stereocenters. The summed E-state index contributed by atoms with van der Waals surface area (Å²) in [6.45, 7) is 7.99. The van der Waals surface area contributed by atoms with Crippen LogP contribution >= 0.6 is 11.8 Å². The van der Waals surface area contributed by atoms with Crippen molar-refractivity contribution in [2.24, 2.45) is 0 Å². The van der Waals surface area contributed by atoms with Gasteiger partial charge in [0.15, 0.2) is 5.16 Å². The number of nitrogens with zero attached hydrogens (tertiary/aromatic N) is 4. The van der Waals surface area contributed by atoms with Crippen LogP contribution in [-0.2, 0) is 12.3 Å². The lowest BCUT2D eigenvalue weighted by atomic mass is 10.1. The lowest BCUT2D eigenvalue weighted by molar-refractivity contribution is 0.0941. The van der Waals surface area contributed by atoms with Gasteiger partial charge in [-0.1, -0.05) is 55.1 Å². The van der Waals surface area contributed by atoms with Crippen LogP contribution in [0, 0.1) is 6.92 Å². The molecular weight excluding hydrogens is 466 g/mol. The van der Waals surface area contributed by atoms with Crippen LogP contribution in [0.2, 0.25) is 0 Å². The Morgan fingerprint density at radius 1 is 1.14 bits per heavy atom. The first-order chi connectivity index (χ1) is 17.6. The number of likely N-dealkylation sites (tertiary alicyclic amines) is 1. The molecule has 1 aliphatic rings. The zero-order chi connectivity index (χ0) is 24.9. The van der Waals surface area contributed by atoms with E-state index in [2.05, 4.69) is 57.9 Å². The second-order valence-electron chi connectivity index (χ2n) is 9.39. The van der Waals surface area contributed by atoms with Crippen molar-refractivity contribution in [3.63, 3.8) is 0 Å². The van der Waals surface area contributed by atoms with Crippen molar-refractivity contribution in [1.82, 2.24) is 24.8 Å². The van der Waals surface area contributed by atoms with Gasteiger partial charge in [-0.2, -0.15) is 0 Å². The monoisotopic (exact) mass is 499 g/mol. The average Bonchev–Trinajstić information content (AvgIpc) is 3.51. The van der Waals surface area contributed by atoms with Crippen molar-refractivity contribution in [3.8, 4) is 0 Å². The lowest BCUT2D eigenvalue weighted by Gasteiger charge is -2.22. The Labute approximate surface area is 217 Å². The number of imidazole rings is 1. The third kappa shape index (κ3) is 5.47. The number of benzene rings is 2. The lowest BCUT2D eigenvalue weighted by Crippen LogP contribution is -2.40. The van der Waals surface area contributed by atoms with Gasteiger partial charge in [-0.05, 0) is 67.7 Å².